The summed E-state index contributed by atoms with van der Waals surface area (Å²) in [4.78, 5) is 2.53. The second-order valence-electron chi connectivity index (χ2n) is 6.00. The molecule has 0 atom stereocenters. The Morgan fingerprint density at radius 1 is 1.14 bits per heavy atom. The molecule has 1 saturated carbocycles. The van der Waals surface area contributed by atoms with Gasteiger partial charge in [0.2, 0.25) is 0 Å². The van der Waals surface area contributed by atoms with E-state index in [2.05, 4.69) is 17.3 Å². The number of nitrogens with zero attached hydrogens (tertiary/aromatic N) is 1. The maximum absolute atomic E-state index is 6.16. The third kappa shape index (κ3) is 5.45. The van der Waals surface area contributed by atoms with E-state index in [1.54, 1.807) is 0 Å². The highest BCUT2D eigenvalue weighted by atomic mass is 35.5. The van der Waals surface area contributed by atoms with Gasteiger partial charge in [0.05, 0.1) is 0 Å². The maximum atomic E-state index is 6.16. The van der Waals surface area contributed by atoms with Gasteiger partial charge in [0.25, 0.3) is 0 Å². The van der Waals surface area contributed by atoms with Crippen LogP contribution in [-0.2, 0) is 6.54 Å². The molecule has 0 amide bonds. The fourth-order valence-electron chi connectivity index (χ4n) is 3.07. The monoisotopic (exact) mass is 328 g/mol. The molecule has 0 spiro atoms. The molecule has 0 heterocycles. The number of benzene rings is 1. The van der Waals surface area contributed by atoms with Gasteiger partial charge >= 0.3 is 0 Å². The van der Waals surface area contributed by atoms with Crippen LogP contribution in [0.15, 0.2) is 18.2 Å². The van der Waals surface area contributed by atoms with E-state index in [0.717, 1.165) is 47.7 Å². The molecule has 118 valence electrons. The molecule has 2 nitrogen and oxygen atoms in total. The Morgan fingerprint density at radius 3 is 2.48 bits per heavy atom. The number of hydrogen-bond acceptors (Lipinski definition) is 2. The first kappa shape index (κ1) is 17.1. The van der Waals surface area contributed by atoms with E-state index >= 15 is 0 Å². The molecule has 0 unspecified atom stereocenters. The largest absolute Gasteiger partial charge is 0.313 e. The van der Waals surface area contributed by atoms with Gasteiger partial charge in [-0.15, -0.1) is 0 Å². The van der Waals surface area contributed by atoms with Crippen molar-refractivity contribution in [2.75, 3.05) is 20.1 Å². The van der Waals surface area contributed by atoms with Crippen LogP contribution in [0.3, 0.4) is 0 Å². The van der Waals surface area contributed by atoms with Crippen LogP contribution < -0.4 is 5.32 Å². The minimum Gasteiger partial charge on any atom is -0.313 e. The van der Waals surface area contributed by atoms with Crippen LogP contribution in [0, 0.1) is 0 Å². The van der Waals surface area contributed by atoms with Crippen LogP contribution in [0.4, 0.5) is 0 Å². The predicted octanol–water partition coefficient (Wildman–Crippen LogP) is 4.74. The Hall–Kier alpha value is -0.280. The van der Waals surface area contributed by atoms with Crippen molar-refractivity contribution in [1.29, 1.82) is 0 Å². The molecular formula is C17H26Cl2N2. The van der Waals surface area contributed by atoms with E-state index in [1.165, 1.54) is 32.1 Å². The van der Waals surface area contributed by atoms with Crippen molar-refractivity contribution in [3.8, 4) is 0 Å². The van der Waals surface area contributed by atoms with Crippen LogP contribution in [-0.4, -0.2) is 31.1 Å². The molecule has 0 saturated heterocycles. The van der Waals surface area contributed by atoms with Crippen molar-refractivity contribution < 1.29 is 0 Å². The lowest BCUT2D eigenvalue weighted by Crippen LogP contribution is -2.35. The standard InChI is InChI=1S/C17H26Cl2N2/c1-21(14-7-3-2-4-8-14)12-6-11-20-13-15-16(18)9-5-10-17(15)19/h5,9-10,14,20H,2-4,6-8,11-13H2,1H3. The Balaban J connectivity index is 1.63. The highest BCUT2D eigenvalue weighted by Crippen LogP contribution is 2.24. The fourth-order valence-corrected chi connectivity index (χ4v) is 3.60. The summed E-state index contributed by atoms with van der Waals surface area (Å²) in [5.74, 6) is 0. The third-order valence-electron chi connectivity index (χ3n) is 4.43. The summed E-state index contributed by atoms with van der Waals surface area (Å²) in [5.41, 5.74) is 1.00. The number of rotatable bonds is 7. The first-order valence-electron chi connectivity index (χ1n) is 8.02. The average Bonchev–Trinajstić information content (AvgIpc) is 2.50. The van der Waals surface area contributed by atoms with E-state index < -0.39 is 0 Å². The first-order chi connectivity index (χ1) is 10.2. The number of nitrogens with one attached hydrogen (secondary N) is 1. The van der Waals surface area contributed by atoms with Gasteiger partial charge in [0, 0.05) is 28.2 Å². The maximum Gasteiger partial charge on any atom is 0.0465 e. The Bertz CT molecular complexity index is 411. The van der Waals surface area contributed by atoms with Crippen LogP contribution >= 0.6 is 23.2 Å². The van der Waals surface area contributed by atoms with E-state index in [9.17, 15) is 0 Å². The van der Waals surface area contributed by atoms with Gasteiger partial charge in [-0.05, 0) is 51.5 Å². The lowest BCUT2D eigenvalue weighted by atomic mass is 9.94. The molecule has 1 aromatic rings. The van der Waals surface area contributed by atoms with Crippen molar-refractivity contribution in [1.82, 2.24) is 10.2 Å². The van der Waals surface area contributed by atoms with E-state index in [4.69, 9.17) is 23.2 Å². The molecule has 1 aliphatic carbocycles. The smallest absolute Gasteiger partial charge is 0.0465 e. The second-order valence-corrected chi connectivity index (χ2v) is 6.82. The summed E-state index contributed by atoms with van der Waals surface area (Å²) in [7, 11) is 2.26. The van der Waals surface area contributed by atoms with Gasteiger partial charge < -0.3 is 10.2 Å². The molecule has 21 heavy (non-hydrogen) atoms. The van der Waals surface area contributed by atoms with Crippen molar-refractivity contribution >= 4 is 23.2 Å². The Labute approximate surface area is 138 Å². The summed E-state index contributed by atoms with van der Waals surface area (Å²) < 4.78 is 0. The topological polar surface area (TPSA) is 15.3 Å². The van der Waals surface area contributed by atoms with Crippen molar-refractivity contribution in [3.05, 3.63) is 33.8 Å². The van der Waals surface area contributed by atoms with Gasteiger partial charge in [0.15, 0.2) is 0 Å². The molecule has 0 aromatic heterocycles. The zero-order valence-corrected chi connectivity index (χ0v) is 14.4. The molecule has 1 fully saturated rings. The summed E-state index contributed by atoms with van der Waals surface area (Å²) >= 11 is 12.3. The number of halogens is 2. The minimum atomic E-state index is 0.742. The lowest BCUT2D eigenvalue weighted by molar-refractivity contribution is 0.189. The number of hydrogen-bond donors (Lipinski definition) is 1. The van der Waals surface area contributed by atoms with E-state index in [-0.39, 0.29) is 0 Å². The first-order valence-corrected chi connectivity index (χ1v) is 8.78. The van der Waals surface area contributed by atoms with Crippen LogP contribution in [0.5, 0.6) is 0 Å². The molecule has 1 aliphatic rings. The van der Waals surface area contributed by atoms with E-state index in [1.807, 2.05) is 18.2 Å². The van der Waals surface area contributed by atoms with Crippen molar-refractivity contribution in [2.45, 2.75) is 51.1 Å². The van der Waals surface area contributed by atoms with Gasteiger partial charge in [0.1, 0.15) is 0 Å². The van der Waals surface area contributed by atoms with E-state index in [0.29, 0.717) is 0 Å². The third-order valence-corrected chi connectivity index (χ3v) is 5.13. The van der Waals surface area contributed by atoms with Gasteiger partial charge in [-0.1, -0.05) is 48.5 Å². The van der Waals surface area contributed by atoms with Gasteiger partial charge in [-0.25, -0.2) is 0 Å². The highest BCUT2D eigenvalue weighted by molar-refractivity contribution is 6.35. The SMILES string of the molecule is CN(CCCNCc1c(Cl)cccc1Cl)C1CCCCC1. The normalized spacial score (nSPS) is 16.6. The lowest BCUT2D eigenvalue weighted by Gasteiger charge is -2.31. The Kier molecular flexibility index (Phi) is 7.31. The van der Waals surface area contributed by atoms with Crippen LogP contribution in [0.25, 0.3) is 0 Å². The quantitative estimate of drug-likeness (QED) is 0.727. The van der Waals surface area contributed by atoms with Gasteiger partial charge in [-0.2, -0.15) is 0 Å². The average molecular weight is 329 g/mol. The fraction of sp³-hybridized carbons (Fsp3) is 0.647. The molecule has 4 heteroatoms. The summed E-state index contributed by atoms with van der Waals surface area (Å²) in [6.45, 7) is 2.90. The molecule has 0 aliphatic heterocycles. The zero-order valence-electron chi connectivity index (χ0n) is 12.9. The van der Waals surface area contributed by atoms with Crippen molar-refractivity contribution in [3.63, 3.8) is 0 Å². The highest BCUT2D eigenvalue weighted by Gasteiger charge is 2.17. The Morgan fingerprint density at radius 2 is 1.81 bits per heavy atom. The second kappa shape index (κ2) is 8.99. The van der Waals surface area contributed by atoms with Gasteiger partial charge in [-0.3, -0.25) is 0 Å². The van der Waals surface area contributed by atoms with Crippen molar-refractivity contribution in [2.24, 2.45) is 0 Å². The molecule has 0 radical (unpaired) electrons. The summed E-state index contributed by atoms with van der Waals surface area (Å²) in [6.07, 6.45) is 8.13. The molecule has 1 aromatic carbocycles. The predicted molar refractivity (Wildman–Crippen MR) is 92.3 cm³/mol. The minimum absolute atomic E-state index is 0.742. The van der Waals surface area contributed by atoms with Crippen LogP contribution in [0.1, 0.15) is 44.1 Å². The molecule has 1 N–H and O–H groups in total. The van der Waals surface area contributed by atoms with Crippen LogP contribution in [0.2, 0.25) is 10.0 Å². The zero-order chi connectivity index (χ0) is 15.1. The molecule has 0 bridgehead atoms. The summed E-state index contributed by atoms with van der Waals surface area (Å²) in [5, 5.41) is 4.94. The summed E-state index contributed by atoms with van der Waals surface area (Å²) in [6, 6.07) is 6.47. The molecule has 2 rings (SSSR count). The molecular weight excluding hydrogens is 303 g/mol.